The highest BCUT2D eigenvalue weighted by Gasteiger charge is 2.09. The lowest BCUT2D eigenvalue weighted by Gasteiger charge is -2.03. The van der Waals surface area contributed by atoms with Crippen LogP contribution in [0.2, 0.25) is 0 Å². The summed E-state index contributed by atoms with van der Waals surface area (Å²) >= 11 is 0. The van der Waals surface area contributed by atoms with Crippen LogP contribution in [0.3, 0.4) is 0 Å². The highest BCUT2D eigenvalue weighted by atomic mass is 32.2. The van der Waals surface area contributed by atoms with Crippen LogP contribution in [0.15, 0.2) is 41.3 Å². The molecule has 0 atom stereocenters. The smallest absolute Gasteiger partial charge is 0.335 e. The van der Waals surface area contributed by atoms with Crippen molar-refractivity contribution in [1.82, 2.24) is 0 Å². The highest BCUT2D eigenvalue weighted by Crippen LogP contribution is 2.16. The van der Waals surface area contributed by atoms with E-state index in [2.05, 4.69) is 6.92 Å². The molecule has 0 saturated carbocycles. The second kappa shape index (κ2) is 17.0. The van der Waals surface area contributed by atoms with Gasteiger partial charge in [0.25, 0.3) is 10.1 Å². The summed E-state index contributed by atoms with van der Waals surface area (Å²) < 4.78 is 36.0. The monoisotopic (exact) mass is 452 g/mol. The molecule has 0 aliphatic rings. The molecule has 0 bridgehead atoms. The van der Waals surface area contributed by atoms with Crippen LogP contribution in [-0.4, -0.2) is 18.9 Å². The third kappa shape index (κ3) is 14.9. The van der Waals surface area contributed by atoms with Crippen LogP contribution < -0.4 is 4.74 Å². The van der Waals surface area contributed by atoms with Gasteiger partial charge in [-0.2, -0.15) is 8.42 Å². The molecule has 1 aromatic rings. The van der Waals surface area contributed by atoms with Crippen LogP contribution in [0.4, 0.5) is 0 Å². The van der Waals surface area contributed by atoms with Crippen LogP contribution in [-0.2, 0) is 14.9 Å². The van der Waals surface area contributed by atoms with Crippen LogP contribution in [0.5, 0.6) is 5.75 Å². The molecular weight excluding hydrogens is 412 g/mol. The largest absolute Gasteiger partial charge is 0.423 e. The minimum absolute atomic E-state index is 0.235. The minimum atomic E-state index is -4.24. The average Bonchev–Trinajstić information content (AvgIpc) is 2.73. The molecule has 0 amide bonds. The van der Waals surface area contributed by atoms with Gasteiger partial charge in [0.2, 0.25) is 0 Å². The summed E-state index contributed by atoms with van der Waals surface area (Å²) in [6, 6.07) is 5.05. The molecule has 0 aliphatic carbocycles. The normalized spacial score (nSPS) is 11.8. The van der Waals surface area contributed by atoms with Crippen molar-refractivity contribution in [2.75, 3.05) is 0 Å². The lowest BCUT2D eigenvalue weighted by atomic mass is 10.0. The lowest BCUT2D eigenvalue weighted by molar-refractivity contribution is -0.129. The summed E-state index contributed by atoms with van der Waals surface area (Å²) in [5, 5.41) is 0. The van der Waals surface area contributed by atoms with E-state index in [0.29, 0.717) is 0 Å². The predicted molar refractivity (Wildman–Crippen MR) is 126 cm³/mol. The average molecular weight is 453 g/mol. The molecule has 1 rings (SSSR count). The molecule has 0 aromatic heterocycles. The number of carbonyl (C=O) groups is 1. The van der Waals surface area contributed by atoms with Crippen molar-refractivity contribution in [1.29, 1.82) is 0 Å². The Balaban J connectivity index is 1.96. The van der Waals surface area contributed by atoms with E-state index in [4.69, 9.17) is 9.29 Å². The molecule has 0 fully saturated rings. The summed E-state index contributed by atoms with van der Waals surface area (Å²) in [6.45, 7) is 2.26. The van der Waals surface area contributed by atoms with E-state index < -0.39 is 16.1 Å². The van der Waals surface area contributed by atoms with Gasteiger partial charge >= 0.3 is 5.97 Å². The lowest BCUT2D eigenvalue weighted by Crippen LogP contribution is -2.04. The number of unbranched alkanes of at least 4 members (excludes halogenated alkanes) is 14. The van der Waals surface area contributed by atoms with Crippen LogP contribution in [0.1, 0.15) is 103 Å². The summed E-state index contributed by atoms with van der Waals surface area (Å²) in [6.07, 6.45) is 22.6. The summed E-state index contributed by atoms with van der Waals surface area (Å²) in [4.78, 5) is 11.5. The van der Waals surface area contributed by atoms with Crippen molar-refractivity contribution in [2.24, 2.45) is 0 Å². The SMILES string of the molecule is CCCCCCCCCCCCCCCCC=CC(=O)Oc1ccc(S(=O)(=O)O)cc1. The Bertz CT molecular complexity index is 723. The maximum atomic E-state index is 11.8. The first kappa shape index (κ1) is 27.4. The van der Waals surface area contributed by atoms with Gasteiger partial charge in [0.1, 0.15) is 5.75 Å². The number of allylic oxidation sites excluding steroid dienone is 1. The quantitative estimate of drug-likeness (QED) is 0.0833. The molecule has 1 N–H and O–H groups in total. The van der Waals surface area contributed by atoms with Crippen LogP contribution in [0, 0.1) is 0 Å². The van der Waals surface area contributed by atoms with E-state index in [-0.39, 0.29) is 10.6 Å². The van der Waals surface area contributed by atoms with Crippen LogP contribution in [0.25, 0.3) is 0 Å². The van der Waals surface area contributed by atoms with Gasteiger partial charge < -0.3 is 4.74 Å². The molecule has 0 unspecified atom stereocenters. The fourth-order valence-corrected chi connectivity index (χ4v) is 3.95. The molecule has 5 nitrogen and oxygen atoms in total. The molecule has 0 spiro atoms. The first-order valence-electron chi connectivity index (χ1n) is 11.9. The Morgan fingerprint density at radius 2 is 1.26 bits per heavy atom. The fraction of sp³-hybridized carbons (Fsp3) is 0.640. The van der Waals surface area contributed by atoms with Gasteiger partial charge in [-0.15, -0.1) is 0 Å². The van der Waals surface area contributed by atoms with Gasteiger partial charge in [-0.1, -0.05) is 96.5 Å². The van der Waals surface area contributed by atoms with Crippen molar-refractivity contribution in [2.45, 2.75) is 108 Å². The first-order valence-corrected chi connectivity index (χ1v) is 13.3. The third-order valence-electron chi connectivity index (χ3n) is 5.32. The summed E-state index contributed by atoms with van der Waals surface area (Å²) in [5.41, 5.74) is 0. The van der Waals surface area contributed by atoms with Crippen molar-refractivity contribution >= 4 is 16.1 Å². The van der Waals surface area contributed by atoms with E-state index in [0.717, 1.165) is 12.8 Å². The zero-order valence-corrected chi connectivity index (χ0v) is 19.9. The van der Waals surface area contributed by atoms with Crippen molar-refractivity contribution in [3.63, 3.8) is 0 Å². The first-order chi connectivity index (χ1) is 14.9. The van der Waals surface area contributed by atoms with E-state index >= 15 is 0 Å². The van der Waals surface area contributed by atoms with Gasteiger partial charge in [0.05, 0.1) is 4.90 Å². The van der Waals surface area contributed by atoms with E-state index in [9.17, 15) is 13.2 Å². The summed E-state index contributed by atoms with van der Waals surface area (Å²) in [7, 11) is -4.24. The second-order valence-corrected chi connectivity index (χ2v) is 9.58. The van der Waals surface area contributed by atoms with E-state index in [1.165, 1.54) is 114 Å². The number of hydrogen-bond acceptors (Lipinski definition) is 4. The Hall–Kier alpha value is -1.66. The topological polar surface area (TPSA) is 80.7 Å². The second-order valence-electron chi connectivity index (χ2n) is 8.15. The number of benzene rings is 1. The van der Waals surface area contributed by atoms with Crippen molar-refractivity contribution in [3.05, 3.63) is 36.4 Å². The number of ether oxygens (including phenoxy) is 1. The molecular formula is C25H40O5S. The molecule has 6 heteroatoms. The predicted octanol–water partition coefficient (Wildman–Crippen LogP) is 7.27. The molecule has 0 saturated heterocycles. The number of carbonyl (C=O) groups excluding carboxylic acids is 1. The Morgan fingerprint density at radius 3 is 1.71 bits per heavy atom. The molecule has 0 radical (unpaired) electrons. The van der Waals surface area contributed by atoms with Gasteiger partial charge in [0, 0.05) is 6.08 Å². The maximum Gasteiger partial charge on any atom is 0.335 e. The van der Waals surface area contributed by atoms with Gasteiger partial charge in [-0.25, -0.2) is 4.79 Å². The molecule has 0 heterocycles. The minimum Gasteiger partial charge on any atom is -0.423 e. The van der Waals surface area contributed by atoms with Crippen LogP contribution >= 0.6 is 0 Å². The zero-order chi connectivity index (χ0) is 22.8. The maximum absolute atomic E-state index is 11.8. The zero-order valence-electron chi connectivity index (χ0n) is 19.1. The Kier molecular flexibility index (Phi) is 15.0. The molecule has 1 aromatic carbocycles. The number of esters is 1. The van der Waals surface area contributed by atoms with Crippen molar-refractivity contribution in [3.8, 4) is 5.75 Å². The van der Waals surface area contributed by atoms with Gasteiger partial charge in [0.15, 0.2) is 0 Å². The molecule has 31 heavy (non-hydrogen) atoms. The van der Waals surface area contributed by atoms with Crippen molar-refractivity contribution < 1.29 is 22.5 Å². The Morgan fingerprint density at radius 1 is 0.806 bits per heavy atom. The number of rotatable bonds is 18. The standard InChI is InChI=1S/C25H40O5S/c1-2-3-4-5-6-7-8-9-10-11-12-13-14-15-16-17-18-25(26)30-23-19-21-24(22-20-23)31(27,28)29/h17-22H,2-16H2,1H3,(H,27,28,29). The van der Waals surface area contributed by atoms with Gasteiger partial charge in [-0.3, -0.25) is 4.55 Å². The van der Waals surface area contributed by atoms with E-state index in [1.807, 2.05) is 6.08 Å². The highest BCUT2D eigenvalue weighted by molar-refractivity contribution is 7.85. The molecule has 176 valence electrons. The fourth-order valence-electron chi connectivity index (χ4n) is 3.47. The third-order valence-corrected chi connectivity index (χ3v) is 6.19. The Labute approximate surface area is 189 Å². The molecule has 0 aliphatic heterocycles. The van der Waals surface area contributed by atoms with E-state index in [1.54, 1.807) is 0 Å². The number of hydrogen-bond donors (Lipinski definition) is 1. The van der Waals surface area contributed by atoms with Gasteiger partial charge in [-0.05, 0) is 37.1 Å². The summed E-state index contributed by atoms with van der Waals surface area (Å²) in [5.74, 6) is -0.261.